The van der Waals surface area contributed by atoms with Crippen molar-refractivity contribution in [3.05, 3.63) is 51.9 Å². The number of nitrogens with one attached hydrogen (secondary N) is 2. The fraction of sp³-hybridized carbons (Fsp3) is 0.364. The van der Waals surface area contributed by atoms with E-state index in [1.807, 2.05) is 0 Å². The van der Waals surface area contributed by atoms with E-state index in [2.05, 4.69) is 10.6 Å². The van der Waals surface area contributed by atoms with E-state index in [1.165, 1.54) is 11.3 Å². The Kier molecular flexibility index (Phi) is 7.92. The minimum atomic E-state index is -4.53. The van der Waals surface area contributed by atoms with Gasteiger partial charge in [0.2, 0.25) is 0 Å². The molecule has 2 aromatic rings. The summed E-state index contributed by atoms with van der Waals surface area (Å²) in [6, 6.07) is 3.46. The third kappa shape index (κ3) is 6.56. The highest BCUT2D eigenvalue weighted by Gasteiger charge is 2.32. The summed E-state index contributed by atoms with van der Waals surface area (Å²) in [5, 5.41) is 6.84. The number of esters is 2. The Morgan fingerprint density at radius 3 is 2.35 bits per heavy atom. The molecule has 1 aliphatic carbocycles. The summed E-state index contributed by atoms with van der Waals surface area (Å²) in [7, 11) is 0. The Hall–Kier alpha value is -3.41. The van der Waals surface area contributed by atoms with Crippen LogP contribution in [0.3, 0.4) is 0 Å². The second-order valence-corrected chi connectivity index (χ2v) is 8.24. The zero-order valence-electron chi connectivity index (χ0n) is 18.0. The van der Waals surface area contributed by atoms with E-state index in [9.17, 15) is 32.3 Å². The Morgan fingerprint density at radius 1 is 1.09 bits per heavy atom. The van der Waals surface area contributed by atoms with Gasteiger partial charge in [-0.05, 0) is 60.9 Å². The van der Waals surface area contributed by atoms with Crippen molar-refractivity contribution in [2.75, 3.05) is 25.1 Å². The molecule has 12 heteroatoms. The second-order valence-electron chi connectivity index (χ2n) is 7.36. The fourth-order valence-electron chi connectivity index (χ4n) is 3.00. The molecule has 0 saturated heterocycles. The van der Waals surface area contributed by atoms with Crippen molar-refractivity contribution in [1.82, 2.24) is 5.32 Å². The van der Waals surface area contributed by atoms with E-state index in [0.29, 0.717) is 10.6 Å². The molecule has 0 radical (unpaired) electrons. The van der Waals surface area contributed by atoms with Gasteiger partial charge in [-0.15, -0.1) is 11.3 Å². The van der Waals surface area contributed by atoms with Gasteiger partial charge in [-0.3, -0.25) is 14.4 Å². The number of anilines is 1. The van der Waals surface area contributed by atoms with Gasteiger partial charge >= 0.3 is 18.1 Å². The zero-order chi connectivity index (χ0) is 24.9. The van der Waals surface area contributed by atoms with E-state index in [1.54, 1.807) is 12.3 Å². The molecule has 1 heterocycles. The number of hydrogen-bond acceptors (Lipinski definition) is 7. The first kappa shape index (κ1) is 25.2. The van der Waals surface area contributed by atoms with Gasteiger partial charge in [0.15, 0.2) is 6.61 Å². The van der Waals surface area contributed by atoms with Crippen LogP contribution in [0, 0.1) is 0 Å². The predicted octanol–water partition coefficient (Wildman–Crippen LogP) is 3.73. The van der Waals surface area contributed by atoms with Crippen LogP contribution in [0.15, 0.2) is 29.6 Å². The Balaban J connectivity index is 1.48. The first-order valence-corrected chi connectivity index (χ1v) is 11.2. The number of ether oxygens (including phenoxy) is 2. The fourth-order valence-corrected chi connectivity index (χ4v) is 4.04. The van der Waals surface area contributed by atoms with Crippen molar-refractivity contribution in [1.29, 1.82) is 0 Å². The highest BCUT2D eigenvalue weighted by molar-refractivity contribution is 7.15. The first-order valence-electron chi connectivity index (χ1n) is 10.3. The Bertz CT molecular complexity index is 1080. The number of hydrogen-bond donors (Lipinski definition) is 2. The van der Waals surface area contributed by atoms with E-state index < -0.39 is 48.6 Å². The topological polar surface area (TPSA) is 111 Å². The van der Waals surface area contributed by atoms with Crippen LogP contribution in [0.1, 0.15) is 57.5 Å². The minimum Gasteiger partial charge on any atom is -0.462 e. The molecular formula is C22H21F3N2O6S. The molecule has 1 aromatic carbocycles. The van der Waals surface area contributed by atoms with E-state index in [-0.39, 0.29) is 18.1 Å². The first-order chi connectivity index (χ1) is 16.1. The summed E-state index contributed by atoms with van der Waals surface area (Å²) < 4.78 is 47.6. The normalized spacial score (nSPS) is 13.2. The van der Waals surface area contributed by atoms with E-state index in [4.69, 9.17) is 9.47 Å². The third-order valence-electron chi connectivity index (χ3n) is 4.80. The SMILES string of the molecule is CCOC(=O)c1c(C2CC2)csc1NC(=O)COC(=O)CNC(=O)c1ccc(C(F)(F)F)cc1. The number of carbonyl (C=O) groups is 4. The number of carbonyl (C=O) groups excluding carboxylic acids is 4. The summed E-state index contributed by atoms with van der Waals surface area (Å²) in [6.07, 6.45) is -2.63. The largest absolute Gasteiger partial charge is 0.462 e. The standard InChI is InChI=1S/C22H21F3N2O6S/c1-2-32-21(31)18-15(12-3-4-12)11-34-20(18)27-16(28)10-33-17(29)9-26-19(30)13-5-7-14(8-6-13)22(23,24)25/h5-8,11-12H,2-4,9-10H2,1H3,(H,26,30)(H,27,28). The van der Waals surface area contributed by atoms with Gasteiger partial charge in [0.1, 0.15) is 11.5 Å². The molecule has 1 aliphatic rings. The van der Waals surface area contributed by atoms with Gasteiger partial charge in [0.25, 0.3) is 11.8 Å². The number of alkyl halides is 3. The molecule has 0 unspecified atom stereocenters. The lowest BCUT2D eigenvalue weighted by molar-refractivity contribution is -0.146. The lowest BCUT2D eigenvalue weighted by Gasteiger charge is -2.10. The quantitative estimate of drug-likeness (QED) is 0.510. The smallest absolute Gasteiger partial charge is 0.416 e. The van der Waals surface area contributed by atoms with Crippen molar-refractivity contribution in [2.45, 2.75) is 31.9 Å². The van der Waals surface area contributed by atoms with Crippen molar-refractivity contribution in [3.63, 3.8) is 0 Å². The Morgan fingerprint density at radius 2 is 1.76 bits per heavy atom. The van der Waals surface area contributed by atoms with E-state index in [0.717, 1.165) is 42.7 Å². The molecule has 0 bridgehead atoms. The van der Waals surface area contributed by atoms with Gasteiger partial charge in [0, 0.05) is 5.56 Å². The molecule has 0 atom stereocenters. The summed E-state index contributed by atoms with van der Waals surface area (Å²) in [6.45, 7) is 0.608. The zero-order valence-corrected chi connectivity index (χ0v) is 18.8. The summed E-state index contributed by atoms with van der Waals surface area (Å²) in [5.74, 6) is -2.67. The van der Waals surface area contributed by atoms with Crippen LogP contribution >= 0.6 is 11.3 Å². The molecule has 2 N–H and O–H groups in total. The highest BCUT2D eigenvalue weighted by atomic mass is 32.1. The molecule has 182 valence electrons. The summed E-state index contributed by atoms with van der Waals surface area (Å²) >= 11 is 1.17. The maximum absolute atomic E-state index is 12.6. The van der Waals surface area contributed by atoms with Crippen LogP contribution in [0.5, 0.6) is 0 Å². The van der Waals surface area contributed by atoms with Crippen LogP contribution in [0.4, 0.5) is 18.2 Å². The van der Waals surface area contributed by atoms with Gasteiger partial charge in [0.05, 0.1) is 17.7 Å². The third-order valence-corrected chi connectivity index (χ3v) is 5.71. The molecule has 0 spiro atoms. The van der Waals surface area contributed by atoms with Gasteiger partial charge in [-0.2, -0.15) is 13.2 Å². The molecule has 1 saturated carbocycles. The van der Waals surface area contributed by atoms with Crippen molar-refractivity contribution < 1.29 is 41.8 Å². The molecule has 1 fully saturated rings. The number of rotatable bonds is 9. The predicted molar refractivity (Wildman–Crippen MR) is 116 cm³/mol. The maximum Gasteiger partial charge on any atom is 0.416 e. The highest BCUT2D eigenvalue weighted by Crippen LogP contribution is 2.46. The number of thiophene rings is 1. The molecular weight excluding hydrogens is 477 g/mol. The second kappa shape index (κ2) is 10.7. The van der Waals surface area contributed by atoms with Gasteiger partial charge in [-0.1, -0.05) is 0 Å². The average Bonchev–Trinajstić information content (AvgIpc) is 3.55. The van der Waals surface area contributed by atoms with Crippen molar-refractivity contribution >= 4 is 40.1 Å². The molecule has 34 heavy (non-hydrogen) atoms. The average molecular weight is 498 g/mol. The van der Waals surface area contributed by atoms with E-state index >= 15 is 0 Å². The Labute approximate surface area is 196 Å². The lowest BCUT2D eigenvalue weighted by Crippen LogP contribution is -2.32. The summed E-state index contributed by atoms with van der Waals surface area (Å²) in [5.41, 5.74) is 0.143. The lowest BCUT2D eigenvalue weighted by atomic mass is 10.1. The van der Waals surface area contributed by atoms with Crippen LogP contribution in [-0.4, -0.2) is 43.5 Å². The number of halogens is 3. The molecule has 1 aromatic heterocycles. The molecule has 3 rings (SSSR count). The monoisotopic (exact) mass is 498 g/mol. The van der Waals surface area contributed by atoms with Crippen LogP contribution in [0.25, 0.3) is 0 Å². The van der Waals surface area contributed by atoms with Crippen LogP contribution < -0.4 is 10.6 Å². The molecule has 0 aliphatic heterocycles. The van der Waals surface area contributed by atoms with Crippen LogP contribution in [0.2, 0.25) is 0 Å². The number of benzene rings is 1. The summed E-state index contributed by atoms with van der Waals surface area (Å²) in [4.78, 5) is 48.3. The van der Waals surface area contributed by atoms with Gasteiger partial charge in [-0.25, -0.2) is 4.79 Å². The molecule has 8 nitrogen and oxygen atoms in total. The van der Waals surface area contributed by atoms with Crippen molar-refractivity contribution in [2.24, 2.45) is 0 Å². The van der Waals surface area contributed by atoms with Crippen molar-refractivity contribution in [3.8, 4) is 0 Å². The molecule has 2 amide bonds. The van der Waals surface area contributed by atoms with Crippen LogP contribution in [-0.2, 0) is 25.2 Å². The van der Waals surface area contributed by atoms with Gasteiger partial charge < -0.3 is 20.1 Å². The maximum atomic E-state index is 12.6. The number of amides is 2. The minimum absolute atomic E-state index is 0.0748.